The molecule has 12 heteroatoms. The van der Waals surface area contributed by atoms with Gasteiger partial charge in [-0.05, 0) is 29.3 Å². The predicted octanol–water partition coefficient (Wildman–Crippen LogP) is 2.96. The molecule has 0 amide bonds. The SMILES string of the molecule is CS(=O)(=O)Nc1ccc(-c2cc(C3=NN=C(SCC(=O)O)C3)cc([N+](=O)[O-])c2)cc1. The summed E-state index contributed by atoms with van der Waals surface area (Å²) in [7, 11) is -3.41. The second-order valence-electron chi connectivity index (χ2n) is 6.38. The van der Waals surface area contributed by atoms with Crippen molar-refractivity contribution in [3.8, 4) is 11.1 Å². The quantitative estimate of drug-likeness (QED) is 0.488. The monoisotopic (exact) mass is 448 g/mol. The smallest absolute Gasteiger partial charge is 0.313 e. The van der Waals surface area contributed by atoms with Crippen LogP contribution in [0.1, 0.15) is 12.0 Å². The highest BCUT2D eigenvalue weighted by molar-refractivity contribution is 8.14. The summed E-state index contributed by atoms with van der Waals surface area (Å²) in [5, 5.41) is 28.7. The lowest BCUT2D eigenvalue weighted by molar-refractivity contribution is -0.384. The molecule has 0 aromatic heterocycles. The first-order valence-electron chi connectivity index (χ1n) is 8.47. The molecule has 1 aliphatic heterocycles. The second kappa shape index (κ2) is 8.63. The van der Waals surface area contributed by atoms with Gasteiger partial charge in [-0.2, -0.15) is 5.10 Å². The third kappa shape index (κ3) is 5.64. The van der Waals surface area contributed by atoms with Crippen molar-refractivity contribution in [2.75, 3.05) is 16.7 Å². The average Bonchev–Trinajstić information content (AvgIpc) is 3.14. The Bertz CT molecular complexity index is 1170. The van der Waals surface area contributed by atoms with Crippen LogP contribution in [-0.4, -0.2) is 47.2 Å². The zero-order valence-corrected chi connectivity index (χ0v) is 17.2. The standard InChI is InChI=1S/C18H16N4O6S2/c1-30(27,28)21-14-4-2-11(3-5-14)12-6-13(8-15(7-12)22(25)26)16-9-17(20-19-16)29-10-18(23)24/h2-8,21H,9-10H2,1H3,(H,23,24). The molecular formula is C18H16N4O6S2. The number of sulfonamides is 1. The Morgan fingerprint density at radius 3 is 2.43 bits per heavy atom. The molecule has 10 nitrogen and oxygen atoms in total. The Hall–Kier alpha value is -3.25. The summed E-state index contributed by atoms with van der Waals surface area (Å²) in [6.07, 6.45) is 1.33. The number of carbonyl (C=O) groups is 1. The number of hydrogen-bond acceptors (Lipinski definition) is 8. The number of hydrogen-bond donors (Lipinski definition) is 2. The summed E-state index contributed by atoms with van der Waals surface area (Å²) in [6, 6.07) is 11.0. The van der Waals surface area contributed by atoms with Crippen molar-refractivity contribution < 1.29 is 23.2 Å². The third-order valence-electron chi connectivity index (χ3n) is 3.95. The number of aliphatic carboxylic acids is 1. The topological polar surface area (TPSA) is 151 Å². The van der Waals surface area contributed by atoms with Crippen LogP contribution < -0.4 is 4.72 Å². The van der Waals surface area contributed by atoms with Gasteiger partial charge in [0, 0.05) is 29.8 Å². The first-order chi connectivity index (χ1) is 14.1. The number of benzene rings is 2. The lowest BCUT2D eigenvalue weighted by Gasteiger charge is -2.08. The van der Waals surface area contributed by atoms with E-state index in [0.29, 0.717) is 33.1 Å². The van der Waals surface area contributed by atoms with Gasteiger partial charge in [0.2, 0.25) is 10.0 Å². The minimum atomic E-state index is -3.41. The Morgan fingerprint density at radius 2 is 1.83 bits per heavy atom. The molecule has 0 fully saturated rings. The van der Waals surface area contributed by atoms with Crippen molar-refractivity contribution in [3.05, 3.63) is 58.1 Å². The van der Waals surface area contributed by atoms with Crippen LogP contribution in [0.5, 0.6) is 0 Å². The number of nitro groups is 1. The van der Waals surface area contributed by atoms with Crippen molar-refractivity contribution >= 4 is 49.9 Å². The van der Waals surface area contributed by atoms with E-state index in [0.717, 1.165) is 18.0 Å². The molecule has 0 saturated carbocycles. The molecule has 2 aromatic carbocycles. The Kier molecular flexibility index (Phi) is 6.17. The Morgan fingerprint density at radius 1 is 1.17 bits per heavy atom. The third-order valence-corrected chi connectivity index (χ3v) is 5.50. The molecule has 2 N–H and O–H groups in total. The van der Waals surface area contributed by atoms with Crippen LogP contribution in [-0.2, 0) is 14.8 Å². The summed E-state index contributed by atoms with van der Waals surface area (Å²) in [4.78, 5) is 21.6. The molecule has 0 atom stereocenters. The summed E-state index contributed by atoms with van der Waals surface area (Å²) >= 11 is 1.05. The zero-order valence-electron chi connectivity index (χ0n) is 15.6. The molecule has 30 heavy (non-hydrogen) atoms. The number of rotatable bonds is 7. The summed E-state index contributed by atoms with van der Waals surface area (Å²) in [6.45, 7) is 0. The lowest BCUT2D eigenvalue weighted by atomic mass is 9.99. The van der Waals surface area contributed by atoms with Crippen LogP contribution in [0.15, 0.2) is 52.7 Å². The molecule has 156 valence electrons. The van der Waals surface area contributed by atoms with Gasteiger partial charge in [0.25, 0.3) is 5.69 Å². The summed E-state index contributed by atoms with van der Waals surface area (Å²) in [5.74, 6) is -1.11. The molecule has 2 aromatic rings. The van der Waals surface area contributed by atoms with E-state index in [4.69, 9.17) is 5.11 Å². The predicted molar refractivity (Wildman–Crippen MR) is 116 cm³/mol. The van der Waals surface area contributed by atoms with Crippen molar-refractivity contribution in [2.45, 2.75) is 6.42 Å². The highest BCUT2D eigenvalue weighted by atomic mass is 32.2. The maximum absolute atomic E-state index is 11.4. The van der Waals surface area contributed by atoms with Crippen LogP contribution >= 0.6 is 11.8 Å². The van der Waals surface area contributed by atoms with Crippen LogP contribution in [0.4, 0.5) is 11.4 Å². The van der Waals surface area contributed by atoms with Crippen molar-refractivity contribution in [3.63, 3.8) is 0 Å². The fraction of sp³-hybridized carbons (Fsp3) is 0.167. The van der Waals surface area contributed by atoms with Crippen molar-refractivity contribution in [2.24, 2.45) is 10.2 Å². The molecule has 0 radical (unpaired) electrons. The normalized spacial score (nSPS) is 13.5. The number of nitro benzene ring substituents is 1. The minimum absolute atomic E-state index is 0.129. The summed E-state index contributed by atoms with van der Waals surface area (Å²) in [5.41, 5.74) is 2.46. The second-order valence-corrected chi connectivity index (χ2v) is 9.17. The zero-order chi connectivity index (χ0) is 21.9. The molecular weight excluding hydrogens is 432 g/mol. The van der Waals surface area contributed by atoms with E-state index in [2.05, 4.69) is 14.9 Å². The van der Waals surface area contributed by atoms with Crippen molar-refractivity contribution in [1.29, 1.82) is 0 Å². The molecule has 1 aliphatic rings. The van der Waals surface area contributed by atoms with E-state index in [1.54, 1.807) is 30.3 Å². The van der Waals surface area contributed by atoms with E-state index < -0.39 is 20.9 Å². The largest absolute Gasteiger partial charge is 0.481 e. The Labute approximate surface area is 175 Å². The highest BCUT2D eigenvalue weighted by Gasteiger charge is 2.20. The van der Waals surface area contributed by atoms with Crippen molar-refractivity contribution in [1.82, 2.24) is 0 Å². The number of nitrogens with zero attached hydrogens (tertiary/aromatic N) is 3. The van der Waals surface area contributed by atoms with Gasteiger partial charge in [-0.25, -0.2) is 8.42 Å². The minimum Gasteiger partial charge on any atom is -0.481 e. The van der Waals surface area contributed by atoms with Crippen LogP contribution in [0.2, 0.25) is 0 Å². The van der Waals surface area contributed by atoms with Gasteiger partial charge >= 0.3 is 5.97 Å². The number of carboxylic acid groups (broad SMARTS) is 1. The number of thioether (sulfide) groups is 1. The van der Waals surface area contributed by atoms with Crippen LogP contribution in [0.25, 0.3) is 11.1 Å². The van der Waals surface area contributed by atoms with Gasteiger partial charge in [0.15, 0.2) is 0 Å². The highest BCUT2D eigenvalue weighted by Crippen LogP contribution is 2.29. The van der Waals surface area contributed by atoms with E-state index in [1.807, 2.05) is 0 Å². The maximum atomic E-state index is 11.4. The van der Waals surface area contributed by atoms with E-state index in [9.17, 15) is 23.3 Å². The molecule has 0 unspecified atom stereocenters. The number of anilines is 1. The fourth-order valence-corrected chi connectivity index (χ4v) is 3.90. The van der Waals surface area contributed by atoms with Crippen LogP contribution in [0, 0.1) is 10.1 Å². The van der Waals surface area contributed by atoms with Gasteiger partial charge in [-0.1, -0.05) is 23.9 Å². The van der Waals surface area contributed by atoms with E-state index >= 15 is 0 Å². The van der Waals surface area contributed by atoms with E-state index in [1.165, 1.54) is 12.1 Å². The lowest BCUT2D eigenvalue weighted by Crippen LogP contribution is -2.09. The first kappa shape index (κ1) is 21.5. The molecule has 3 rings (SSSR count). The van der Waals surface area contributed by atoms with Gasteiger partial charge < -0.3 is 5.11 Å². The summed E-state index contributed by atoms with van der Waals surface area (Å²) < 4.78 is 25.0. The van der Waals surface area contributed by atoms with Gasteiger partial charge in [-0.15, -0.1) is 5.10 Å². The number of non-ortho nitro benzene ring substituents is 1. The number of nitrogens with one attached hydrogen (secondary N) is 1. The number of carboxylic acids is 1. The molecule has 0 saturated heterocycles. The molecule has 0 aliphatic carbocycles. The van der Waals surface area contributed by atoms with E-state index in [-0.39, 0.29) is 17.9 Å². The molecule has 0 spiro atoms. The van der Waals surface area contributed by atoms with Gasteiger partial charge in [0.05, 0.1) is 22.6 Å². The van der Waals surface area contributed by atoms with Gasteiger partial charge in [0.1, 0.15) is 5.04 Å². The molecule has 0 bridgehead atoms. The Balaban J connectivity index is 1.87. The van der Waals surface area contributed by atoms with Crippen LogP contribution in [0.3, 0.4) is 0 Å². The van der Waals surface area contributed by atoms with Gasteiger partial charge in [-0.3, -0.25) is 19.6 Å². The molecule has 1 heterocycles. The maximum Gasteiger partial charge on any atom is 0.313 e. The first-order valence-corrected chi connectivity index (χ1v) is 11.3. The average molecular weight is 448 g/mol. The fourth-order valence-electron chi connectivity index (χ4n) is 2.71.